The molecule has 0 saturated carbocycles. The van der Waals surface area contributed by atoms with Gasteiger partial charge in [0.05, 0.1) is 11.2 Å². The van der Waals surface area contributed by atoms with Crippen molar-refractivity contribution in [2.75, 3.05) is 0 Å². The quantitative estimate of drug-likeness (QED) is 0.583. The van der Waals surface area contributed by atoms with E-state index in [1.807, 2.05) is 55.5 Å². The molecule has 5 nitrogen and oxygen atoms in total. The number of nitrogens with one attached hydrogen (secondary N) is 1. The number of hydrogen-bond donors (Lipinski definition) is 2. The Balaban J connectivity index is 2.05. The largest absolute Gasteiger partial charge is 0.411 e. The molecule has 4 aromatic rings. The van der Waals surface area contributed by atoms with Gasteiger partial charge in [0.1, 0.15) is 0 Å². The molecule has 0 fully saturated rings. The Morgan fingerprint density at radius 2 is 1.83 bits per heavy atom. The van der Waals surface area contributed by atoms with E-state index in [2.05, 4.69) is 9.97 Å². The summed E-state index contributed by atoms with van der Waals surface area (Å²) in [6, 6.07) is 17.7. The van der Waals surface area contributed by atoms with Gasteiger partial charge < -0.3 is 15.5 Å². The lowest BCUT2D eigenvalue weighted by atomic mass is 10.1. The van der Waals surface area contributed by atoms with Crippen LogP contribution in [-0.2, 0) is 0 Å². The molecule has 0 aliphatic heterocycles. The zero-order valence-electron chi connectivity index (χ0n) is 13.0. The van der Waals surface area contributed by atoms with Crippen LogP contribution in [0.4, 0.5) is 4.79 Å². The molecule has 0 saturated heterocycles. The van der Waals surface area contributed by atoms with E-state index in [0.29, 0.717) is 0 Å². The van der Waals surface area contributed by atoms with E-state index in [1.165, 1.54) is 0 Å². The maximum atomic E-state index is 11.2. The number of aromatic nitrogens is 2. The third kappa shape index (κ3) is 2.36. The van der Waals surface area contributed by atoms with Crippen LogP contribution < -0.4 is 10.5 Å². The molecule has 2 aromatic carbocycles. The van der Waals surface area contributed by atoms with Crippen LogP contribution >= 0.6 is 0 Å². The highest BCUT2D eigenvalue weighted by Crippen LogP contribution is 2.34. The summed E-state index contributed by atoms with van der Waals surface area (Å²) in [5, 5.41) is 1.98. The number of nitrogens with two attached hydrogens (primary N) is 1. The molecule has 0 spiro atoms. The molecule has 2 aromatic heterocycles. The van der Waals surface area contributed by atoms with Crippen molar-refractivity contribution in [1.82, 2.24) is 9.97 Å². The van der Waals surface area contributed by atoms with Crippen molar-refractivity contribution in [3.8, 4) is 17.1 Å². The lowest BCUT2D eigenvalue weighted by Gasteiger charge is -2.07. The number of benzene rings is 2. The third-order valence-corrected chi connectivity index (χ3v) is 4.00. The predicted molar refractivity (Wildman–Crippen MR) is 94.0 cm³/mol. The summed E-state index contributed by atoms with van der Waals surface area (Å²) in [6.45, 7) is 2.03. The minimum absolute atomic E-state index is 0.190. The van der Waals surface area contributed by atoms with Gasteiger partial charge in [0.2, 0.25) is 5.88 Å². The van der Waals surface area contributed by atoms with Crippen molar-refractivity contribution in [2.24, 2.45) is 5.73 Å². The van der Waals surface area contributed by atoms with Gasteiger partial charge >= 0.3 is 6.09 Å². The molecule has 5 heteroatoms. The van der Waals surface area contributed by atoms with E-state index in [9.17, 15) is 4.79 Å². The Kier molecular flexibility index (Phi) is 3.20. The molecule has 0 aliphatic rings. The monoisotopic (exact) mass is 317 g/mol. The van der Waals surface area contributed by atoms with Gasteiger partial charge in [0, 0.05) is 27.9 Å². The molecule has 1 amide bonds. The molecule has 24 heavy (non-hydrogen) atoms. The average Bonchev–Trinajstić information content (AvgIpc) is 2.93. The Hall–Kier alpha value is -3.34. The minimum Gasteiger partial charge on any atom is -0.391 e. The highest BCUT2D eigenvalue weighted by Gasteiger charge is 2.15. The smallest absolute Gasteiger partial charge is 0.391 e. The first-order valence-corrected chi connectivity index (χ1v) is 7.57. The normalized spacial score (nSPS) is 11.0. The van der Waals surface area contributed by atoms with Crippen LogP contribution in [0, 0.1) is 6.92 Å². The number of aromatic amines is 1. The molecule has 3 N–H and O–H groups in total. The number of ether oxygens (including phenoxy) is 1. The fraction of sp³-hybridized carbons (Fsp3) is 0.0526. The van der Waals surface area contributed by atoms with Gasteiger partial charge in [0.15, 0.2) is 0 Å². The van der Waals surface area contributed by atoms with Crippen LogP contribution in [0.2, 0.25) is 0 Å². The van der Waals surface area contributed by atoms with Gasteiger partial charge in [-0.2, -0.15) is 0 Å². The van der Waals surface area contributed by atoms with Crippen LogP contribution in [0.25, 0.3) is 33.1 Å². The maximum Gasteiger partial charge on any atom is 0.411 e. The summed E-state index contributed by atoms with van der Waals surface area (Å²) in [5.74, 6) is 0.190. The number of nitrogens with zero attached hydrogens (tertiary/aromatic N) is 1. The van der Waals surface area contributed by atoms with E-state index in [0.717, 1.165) is 38.6 Å². The van der Waals surface area contributed by atoms with E-state index in [4.69, 9.17) is 10.5 Å². The van der Waals surface area contributed by atoms with Crippen molar-refractivity contribution < 1.29 is 9.53 Å². The summed E-state index contributed by atoms with van der Waals surface area (Å²) < 4.78 is 5.04. The average molecular weight is 317 g/mol. The summed E-state index contributed by atoms with van der Waals surface area (Å²) in [6.07, 6.45) is -0.878. The SMILES string of the molecule is Cc1ccc(-c2nc(OC(N)=O)cc3c2[nH]c2ccccc23)cc1. The van der Waals surface area contributed by atoms with Crippen LogP contribution in [-0.4, -0.2) is 16.1 Å². The van der Waals surface area contributed by atoms with E-state index < -0.39 is 6.09 Å². The number of rotatable bonds is 2. The number of fused-ring (bicyclic) bond motifs is 3. The number of aryl methyl sites for hydroxylation is 1. The molecule has 0 aliphatic carbocycles. The maximum absolute atomic E-state index is 11.2. The Labute approximate surface area is 138 Å². The fourth-order valence-electron chi connectivity index (χ4n) is 2.90. The molecular formula is C19H15N3O2. The standard InChI is InChI=1S/C19H15N3O2/c1-11-6-8-12(9-7-11)17-18-14(10-16(22-17)24-19(20)23)13-4-2-3-5-15(13)21-18/h2-10,21H,1H3,(H2,20,23). The second kappa shape index (κ2) is 5.38. The van der Waals surface area contributed by atoms with Gasteiger partial charge in [0.25, 0.3) is 0 Å². The summed E-state index contributed by atoms with van der Waals surface area (Å²) in [7, 11) is 0. The zero-order chi connectivity index (χ0) is 16.7. The van der Waals surface area contributed by atoms with Crippen LogP contribution in [0.5, 0.6) is 5.88 Å². The number of pyridine rings is 1. The molecule has 0 atom stereocenters. The summed E-state index contributed by atoms with van der Waals surface area (Å²) >= 11 is 0. The molecule has 0 unspecified atom stereocenters. The Morgan fingerprint density at radius 1 is 1.08 bits per heavy atom. The molecule has 4 rings (SSSR count). The van der Waals surface area contributed by atoms with Crippen LogP contribution in [0.1, 0.15) is 5.56 Å². The predicted octanol–water partition coefficient (Wildman–Crippen LogP) is 4.15. The van der Waals surface area contributed by atoms with Gasteiger partial charge in [-0.05, 0) is 13.0 Å². The first kappa shape index (κ1) is 14.3. The second-order valence-corrected chi connectivity index (χ2v) is 5.69. The number of H-pyrrole nitrogens is 1. The molecule has 0 radical (unpaired) electrons. The van der Waals surface area contributed by atoms with Gasteiger partial charge in [-0.25, -0.2) is 9.78 Å². The van der Waals surface area contributed by atoms with Crippen molar-refractivity contribution in [3.05, 3.63) is 60.2 Å². The van der Waals surface area contributed by atoms with Gasteiger partial charge in [-0.1, -0.05) is 48.0 Å². The molecule has 0 bridgehead atoms. The number of primary amides is 1. The highest BCUT2D eigenvalue weighted by atomic mass is 16.6. The van der Waals surface area contributed by atoms with E-state index >= 15 is 0 Å². The first-order valence-electron chi connectivity index (χ1n) is 7.57. The fourth-order valence-corrected chi connectivity index (χ4v) is 2.90. The summed E-state index contributed by atoms with van der Waals surface area (Å²) in [4.78, 5) is 19.0. The van der Waals surface area contributed by atoms with Crippen LogP contribution in [0.3, 0.4) is 0 Å². The summed E-state index contributed by atoms with van der Waals surface area (Å²) in [5.41, 5.74) is 9.88. The first-order chi connectivity index (χ1) is 11.6. The topological polar surface area (TPSA) is 81.0 Å². The third-order valence-electron chi connectivity index (χ3n) is 4.00. The van der Waals surface area contributed by atoms with E-state index in [1.54, 1.807) is 6.07 Å². The second-order valence-electron chi connectivity index (χ2n) is 5.69. The number of hydrogen-bond acceptors (Lipinski definition) is 3. The van der Waals surface area contributed by atoms with Crippen molar-refractivity contribution in [1.29, 1.82) is 0 Å². The molecule has 2 heterocycles. The van der Waals surface area contributed by atoms with Crippen molar-refractivity contribution >= 4 is 27.9 Å². The number of amides is 1. The van der Waals surface area contributed by atoms with Crippen molar-refractivity contribution in [3.63, 3.8) is 0 Å². The Bertz CT molecular complexity index is 1070. The van der Waals surface area contributed by atoms with Gasteiger partial charge in [-0.15, -0.1) is 0 Å². The van der Waals surface area contributed by atoms with Crippen LogP contribution in [0.15, 0.2) is 54.6 Å². The highest BCUT2D eigenvalue weighted by molar-refractivity contribution is 6.11. The molecule has 118 valence electrons. The van der Waals surface area contributed by atoms with E-state index in [-0.39, 0.29) is 5.88 Å². The minimum atomic E-state index is -0.878. The Morgan fingerprint density at radius 3 is 2.58 bits per heavy atom. The number of carbonyl (C=O) groups is 1. The zero-order valence-corrected chi connectivity index (χ0v) is 13.0. The number of carbonyl (C=O) groups excluding carboxylic acids is 1. The number of para-hydroxylation sites is 1. The molecular weight excluding hydrogens is 302 g/mol. The lowest BCUT2D eigenvalue weighted by Crippen LogP contribution is -2.17. The lowest BCUT2D eigenvalue weighted by molar-refractivity contribution is 0.209. The van der Waals surface area contributed by atoms with Crippen molar-refractivity contribution in [2.45, 2.75) is 6.92 Å². The van der Waals surface area contributed by atoms with Gasteiger partial charge in [-0.3, -0.25) is 0 Å².